The van der Waals surface area contributed by atoms with Gasteiger partial charge >= 0.3 is 0 Å². The van der Waals surface area contributed by atoms with Gasteiger partial charge in [0.25, 0.3) is 0 Å². The Labute approximate surface area is 299 Å². The minimum absolute atomic E-state index is 0.103. The number of rotatable bonds is 12. The van der Waals surface area contributed by atoms with Gasteiger partial charge in [-0.2, -0.15) is 0 Å². The lowest BCUT2D eigenvalue weighted by molar-refractivity contribution is -0.856. The Morgan fingerprint density at radius 3 is 2.65 bits per heavy atom. The van der Waals surface area contributed by atoms with Gasteiger partial charge in [0.15, 0.2) is 22.5 Å². The number of ether oxygens (including phenoxy) is 1. The molecule has 5 aliphatic heterocycles. The van der Waals surface area contributed by atoms with E-state index in [1.165, 1.54) is 6.07 Å². The third kappa shape index (κ3) is 5.92. The van der Waals surface area contributed by atoms with Gasteiger partial charge in [-0.15, -0.1) is 0 Å². The Morgan fingerprint density at radius 1 is 1.12 bits per heavy atom. The standard InChI is InChI=1S/C38H44N4O10/c1-21-13-29(44)25-14-23-15-32(52-49-19-31(46)38(48,36(47)30(45)18-43)20-41-12-9-26-28(41)8-11-39-26)37(2,24-5-3-4-6-24)51-34(23)33(35(25)50-21)42-16-22-7-10-40-27(22)17-42/h7-11,13-14,17,24,30-32,36,43,45-48H,3-6,12,15-16,18-20H2,1-2H3/p+2/t30-,31+,32-,36-,37-,38-/m1/s1. The molecule has 2 unspecified atom stereocenters. The predicted molar refractivity (Wildman–Crippen MR) is 188 cm³/mol. The van der Waals surface area contributed by atoms with E-state index in [4.69, 9.17) is 18.9 Å². The number of quaternary nitrogens is 2. The van der Waals surface area contributed by atoms with Gasteiger partial charge in [-0.25, -0.2) is 9.78 Å². The minimum Gasteiger partial charge on any atom is -0.478 e. The lowest BCUT2D eigenvalue weighted by atomic mass is 9.78. The number of hydrogen-bond donors (Lipinski definition) is 7. The summed E-state index contributed by atoms with van der Waals surface area (Å²) in [7, 11) is 0. The first-order valence-corrected chi connectivity index (χ1v) is 18.1. The Balaban J connectivity index is 1.09. The Kier molecular flexibility index (Phi) is 9.17. The van der Waals surface area contributed by atoms with Crippen LogP contribution in [0.3, 0.4) is 0 Å². The van der Waals surface area contributed by atoms with Crippen molar-refractivity contribution in [3.05, 3.63) is 80.8 Å². The maximum absolute atomic E-state index is 13.4. The quantitative estimate of drug-likeness (QED) is 0.108. The molecule has 1 aromatic carbocycles. The van der Waals surface area contributed by atoms with Crippen LogP contribution in [-0.2, 0) is 16.2 Å². The molecule has 0 amide bonds. The average Bonchev–Trinajstić information content (AvgIpc) is 3.96. The van der Waals surface area contributed by atoms with E-state index in [1.807, 2.05) is 25.3 Å². The summed E-state index contributed by atoms with van der Waals surface area (Å²) >= 11 is 0. The zero-order valence-electron chi connectivity index (χ0n) is 29.2. The zero-order valence-corrected chi connectivity index (χ0v) is 29.2. The van der Waals surface area contributed by atoms with Crippen LogP contribution >= 0.6 is 0 Å². The van der Waals surface area contributed by atoms with Crippen molar-refractivity contribution in [2.45, 2.75) is 81.6 Å². The molecule has 0 radical (unpaired) electrons. The van der Waals surface area contributed by atoms with E-state index in [0.29, 0.717) is 42.0 Å². The molecular formula is C38H46N4O10+2. The molecule has 1 fully saturated rings. The largest absolute Gasteiger partial charge is 0.478 e. The number of aliphatic hydroxyl groups is 5. The molecule has 0 bridgehead atoms. The summed E-state index contributed by atoms with van der Waals surface area (Å²) in [4.78, 5) is 35.7. The number of fused-ring (bicyclic) bond motifs is 4. The second-order valence-electron chi connectivity index (χ2n) is 15.0. The lowest BCUT2D eigenvalue weighted by Crippen LogP contribution is -3.11. The van der Waals surface area contributed by atoms with Crippen LogP contribution in [-0.4, -0.2) is 106 Å². The molecule has 6 aliphatic rings. The van der Waals surface area contributed by atoms with Crippen molar-refractivity contribution >= 4 is 29.1 Å². The van der Waals surface area contributed by atoms with Crippen LogP contribution in [0, 0.1) is 12.8 Å². The van der Waals surface area contributed by atoms with Crippen LogP contribution in [0.2, 0.25) is 0 Å². The number of allylic oxidation sites excluding steroid dienone is 2. The maximum Gasteiger partial charge on any atom is 0.222 e. The van der Waals surface area contributed by atoms with Crippen LogP contribution < -0.4 is 20.0 Å². The predicted octanol–water partition coefficient (Wildman–Crippen LogP) is -0.759. The molecule has 276 valence electrons. The molecule has 1 aromatic heterocycles. The van der Waals surface area contributed by atoms with Crippen molar-refractivity contribution in [2.75, 3.05) is 32.8 Å². The van der Waals surface area contributed by atoms with Gasteiger partial charge in [-0.05, 0) is 38.8 Å². The van der Waals surface area contributed by atoms with Gasteiger partial charge in [0.2, 0.25) is 11.3 Å². The summed E-state index contributed by atoms with van der Waals surface area (Å²) in [6, 6.07) is 3.27. The van der Waals surface area contributed by atoms with E-state index in [-0.39, 0.29) is 17.9 Å². The number of aryl methyl sites for hydroxylation is 1. The van der Waals surface area contributed by atoms with E-state index in [2.05, 4.69) is 9.98 Å². The third-order valence-corrected chi connectivity index (χ3v) is 11.7. The van der Waals surface area contributed by atoms with Gasteiger partial charge in [0.1, 0.15) is 79.6 Å². The zero-order chi connectivity index (χ0) is 36.4. The smallest absolute Gasteiger partial charge is 0.222 e. The summed E-state index contributed by atoms with van der Waals surface area (Å²) in [6.45, 7) is 3.23. The molecule has 14 heteroatoms. The molecule has 1 saturated carbocycles. The fraction of sp³-hybridized carbons (Fsp3) is 0.500. The Morgan fingerprint density at radius 2 is 1.88 bits per heavy atom. The van der Waals surface area contributed by atoms with Crippen LogP contribution in [0.25, 0.3) is 11.0 Å². The summed E-state index contributed by atoms with van der Waals surface area (Å²) < 4.78 is 13.4. The van der Waals surface area contributed by atoms with Crippen LogP contribution in [0.5, 0.6) is 5.75 Å². The summed E-state index contributed by atoms with van der Waals surface area (Å²) in [5, 5.41) is 54.7. The lowest BCUT2D eigenvalue weighted by Gasteiger charge is -2.45. The minimum atomic E-state index is -2.30. The highest BCUT2D eigenvalue weighted by molar-refractivity contribution is 5.90. The van der Waals surface area contributed by atoms with Gasteiger partial charge in [-0.1, -0.05) is 12.8 Å². The van der Waals surface area contributed by atoms with Crippen LogP contribution in [0.4, 0.5) is 5.69 Å². The van der Waals surface area contributed by atoms with E-state index >= 15 is 0 Å². The molecule has 8 atom stereocenters. The van der Waals surface area contributed by atoms with Crippen molar-refractivity contribution in [1.82, 2.24) is 0 Å². The summed E-state index contributed by atoms with van der Waals surface area (Å²) in [5.74, 6) is 1.23. The summed E-state index contributed by atoms with van der Waals surface area (Å²) in [5.41, 5.74) is 2.09. The van der Waals surface area contributed by atoms with Crippen molar-refractivity contribution in [1.29, 1.82) is 0 Å². The van der Waals surface area contributed by atoms with Gasteiger partial charge in [0, 0.05) is 54.1 Å². The van der Waals surface area contributed by atoms with E-state index in [0.717, 1.165) is 69.4 Å². The molecular weight excluding hydrogens is 672 g/mol. The van der Waals surface area contributed by atoms with E-state index < -0.39 is 48.8 Å². The number of nitrogens with one attached hydrogen (secondary N) is 2. The third-order valence-electron chi connectivity index (χ3n) is 11.7. The number of nitrogens with zero attached hydrogens (tertiary/aromatic N) is 2. The maximum atomic E-state index is 13.4. The number of benzene rings is 1. The van der Waals surface area contributed by atoms with E-state index in [1.54, 1.807) is 31.5 Å². The van der Waals surface area contributed by atoms with Crippen LogP contribution in [0.15, 0.2) is 78.4 Å². The first-order chi connectivity index (χ1) is 25.0. The van der Waals surface area contributed by atoms with Gasteiger partial charge < -0.3 is 34.7 Å². The van der Waals surface area contributed by atoms with Gasteiger partial charge in [0.05, 0.1) is 12.0 Å². The fourth-order valence-corrected chi connectivity index (χ4v) is 8.74. The van der Waals surface area contributed by atoms with Crippen molar-refractivity contribution < 1.29 is 54.3 Å². The summed E-state index contributed by atoms with van der Waals surface area (Å²) in [6.07, 6.45) is 9.26. The number of hydrogen-bond acceptors (Lipinski definition) is 12. The van der Waals surface area contributed by atoms with E-state index in [9.17, 15) is 30.3 Å². The molecule has 0 saturated heterocycles. The first-order valence-electron chi connectivity index (χ1n) is 18.1. The molecule has 6 heterocycles. The number of aliphatic hydroxyl groups excluding tert-OH is 4. The molecule has 52 heavy (non-hydrogen) atoms. The monoisotopic (exact) mass is 718 g/mol. The van der Waals surface area contributed by atoms with Gasteiger partial charge in [-0.3, -0.25) is 24.6 Å². The second-order valence-corrected chi connectivity index (χ2v) is 15.0. The first kappa shape index (κ1) is 35.2. The van der Waals surface area contributed by atoms with Crippen molar-refractivity contribution in [2.24, 2.45) is 15.9 Å². The molecule has 14 nitrogen and oxygen atoms in total. The normalized spacial score (nSPS) is 29.2. The highest BCUT2D eigenvalue weighted by Crippen LogP contribution is 2.48. The number of aliphatic imine (C=N–C) groups is 2. The Hall–Kier alpha value is -3.83. The molecule has 8 rings (SSSR count). The van der Waals surface area contributed by atoms with Crippen molar-refractivity contribution in [3.8, 4) is 5.75 Å². The molecule has 1 aliphatic carbocycles. The average molecular weight is 719 g/mol. The second kappa shape index (κ2) is 13.5. The highest BCUT2D eigenvalue weighted by atomic mass is 17.2. The fourth-order valence-electron chi connectivity index (χ4n) is 8.74. The molecule has 7 N–H and O–H groups in total. The highest BCUT2D eigenvalue weighted by Gasteiger charge is 2.53. The van der Waals surface area contributed by atoms with Crippen LogP contribution in [0.1, 0.15) is 43.9 Å². The molecule has 2 aromatic rings. The molecule has 0 spiro atoms. The Bertz CT molecular complexity index is 2010. The SMILES string of the molecule is Cc1cc(=O)c2cc3c(c([NH+]4C=C5N=CC=C5C4)c2o1)O[C@](C)(C1CCCC1)[C@H](OOC[C@H](O)[C@](O)(C[NH+]1CC=C2N=CC=C21)[C@H](O)[C@H](O)CO)C3. The van der Waals surface area contributed by atoms with Crippen molar-refractivity contribution in [3.63, 3.8) is 0 Å². The topological polar surface area (TPSA) is 193 Å².